The molecule has 1 aromatic rings. The van der Waals surface area contributed by atoms with Gasteiger partial charge in [0.2, 0.25) is 0 Å². The van der Waals surface area contributed by atoms with Gasteiger partial charge in [-0.1, -0.05) is 18.5 Å². The number of nitrogens with zero attached hydrogens (tertiary/aromatic N) is 3. The van der Waals surface area contributed by atoms with Gasteiger partial charge in [-0.05, 0) is 25.8 Å². The molecule has 0 aliphatic carbocycles. The summed E-state index contributed by atoms with van der Waals surface area (Å²) < 4.78 is 0. The third-order valence-electron chi connectivity index (χ3n) is 4.06. The summed E-state index contributed by atoms with van der Waals surface area (Å²) in [7, 11) is 0. The van der Waals surface area contributed by atoms with E-state index in [1.165, 1.54) is 6.20 Å². The first-order valence-electron chi connectivity index (χ1n) is 7.97. The fourth-order valence-electron chi connectivity index (χ4n) is 2.45. The zero-order valence-corrected chi connectivity index (χ0v) is 14.3. The Bertz CT molecular complexity index is 567. The summed E-state index contributed by atoms with van der Waals surface area (Å²) in [5, 5.41) is 3.32. The Morgan fingerprint density at radius 1 is 1.30 bits per heavy atom. The summed E-state index contributed by atoms with van der Waals surface area (Å²) in [6.45, 7) is 6.31. The van der Waals surface area contributed by atoms with Crippen LogP contribution in [0.5, 0.6) is 0 Å². The van der Waals surface area contributed by atoms with E-state index in [0.717, 1.165) is 12.8 Å². The average molecular weight is 339 g/mol. The summed E-state index contributed by atoms with van der Waals surface area (Å²) in [4.78, 5) is 32.2. The Labute approximate surface area is 141 Å². The Balaban J connectivity index is 1.97. The predicted molar refractivity (Wildman–Crippen MR) is 89.6 cm³/mol. The molecule has 0 bridgehead atoms. The maximum absolute atomic E-state index is 12.6. The molecule has 1 aromatic heterocycles. The highest BCUT2D eigenvalue weighted by Crippen LogP contribution is 2.17. The van der Waals surface area contributed by atoms with Crippen molar-refractivity contribution in [3.05, 3.63) is 29.0 Å². The molecule has 2 rings (SSSR count). The van der Waals surface area contributed by atoms with Gasteiger partial charge in [-0.3, -0.25) is 9.78 Å². The average Bonchev–Trinajstić information content (AvgIpc) is 2.80. The largest absolute Gasteiger partial charge is 0.337 e. The smallest absolute Gasteiger partial charge is 0.317 e. The molecule has 0 saturated carbocycles. The number of carbonyl (C=O) groups is 2. The van der Waals surface area contributed by atoms with Crippen LogP contribution < -0.4 is 5.32 Å². The topological polar surface area (TPSA) is 65.5 Å². The Morgan fingerprint density at radius 3 is 2.70 bits per heavy atom. The summed E-state index contributed by atoms with van der Waals surface area (Å²) in [6.07, 6.45) is 4.68. The van der Waals surface area contributed by atoms with Gasteiger partial charge in [0.05, 0.1) is 10.6 Å². The van der Waals surface area contributed by atoms with Crippen LogP contribution in [0.15, 0.2) is 18.5 Å². The number of amides is 3. The van der Waals surface area contributed by atoms with Crippen molar-refractivity contribution in [2.45, 2.75) is 32.7 Å². The van der Waals surface area contributed by atoms with Crippen LogP contribution in [0.2, 0.25) is 5.02 Å². The van der Waals surface area contributed by atoms with Crippen molar-refractivity contribution in [2.24, 2.45) is 0 Å². The summed E-state index contributed by atoms with van der Waals surface area (Å²) in [6, 6.07) is 1.72. The highest BCUT2D eigenvalue weighted by molar-refractivity contribution is 6.33. The van der Waals surface area contributed by atoms with Crippen molar-refractivity contribution in [1.29, 1.82) is 0 Å². The molecule has 7 heteroatoms. The zero-order valence-electron chi connectivity index (χ0n) is 13.6. The molecule has 1 aliphatic rings. The number of halogens is 1. The monoisotopic (exact) mass is 338 g/mol. The molecule has 3 amide bonds. The molecular formula is C16H23ClN4O2. The van der Waals surface area contributed by atoms with Crippen LogP contribution in [-0.2, 0) is 0 Å². The standard InChI is InChI=1S/C16H23ClN4O2/c1-3-12(2)19-16(23)21-8-4-7-20(9-10-21)15(22)13-5-6-18-11-14(13)17/h5-6,11-12H,3-4,7-10H2,1-2H3,(H,19,23). The molecule has 1 fully saturated rings. The summed E-state index contributed by atoms with van der Waals surface area (Å²) >= 11 is 6.05. The van der Waals surface area contributed by atoms with Gasteiger partial charge < -0.3 is 15.1 Å². The number of aromatic nitrogens is 1. The molecule has 1 unspecified atom stereocenters. The van der Waals surface area contributed by atoms with Gasteiger partial charge in [-0.25, -0.2) is 4.79 Å². The number of nitrogens with one attached hydrogen (secondary N) is 1. The van der Waals surface area contributed by atoms with E-state index in [1.54, 1.807) is 22.1 Å². The number of urea groups is 1. The van der Waals surface area contributed by atoms with E-state index in [2.05, 4.69) is 10.3 Å². The Hall–Kier alpha value is -1.82. The number of hydrogen-bond acceptors (Lipinski definition) is 3. The first-order valence-corrected chi connectivity index (χ1v) is 8.35. The van der Waals surface area contributed by atoms with Crippen LogP contribution in [0.3, 0.4) is 0 Å². The molecule has 126 valence electrons. The fraction of sp³-hybridized carbons (Fsp3) is 0.562. The highest BCUT2D eigenvalue weighted by Gasteiger charge is 2.24. The van der Waals surface area contributed by atoms with Crippen molar-refractivity contribution in [2.75, 3.05) is 26.2 Å². The SMILES string of the molecule is CCC(C)NC(=O)N1CCCN(C(=O)c2ccncc2Cl)CC1. The molecule has 0 radical (unpaired) electrons. The van der Waals surface area contributed by atoms with Gasteiger partial charge in [0.15, 0.2) is 0 Å². The zero-order chi connectivity index (χ0) is 16.8. The van der Waals surface area contributed by atoms with E-state index in [9.17, 15) is 9.59 Å². The minimum absolute atomic E-state index is 0.0596. The minimum atomic E-state index is -0.110. The number of rotatable bonds is 3. The number of carbonyl (C=O) groups excluding carboxylic acids is 2. The van der Waals surface area contributed by atoms with Crippen LogP contribution >= 0.6 is 11.6 Å². The molecule has 1 saturated heterocycles. The second-order valence-electron chi connectivity index (χ2n) is 5.75. The Kier molecular flexibility index (Phi) is 6.21. The van der Waals surface area contributed by atoms with Crippen LogP contribution in [0, 0.1) is 0 Å². The molecular weight excluding hydrogens is 316 g/mol. The van der Waals surface area contributed by atoms with E-state index in [0.29, 0.717) is 36.8 Å². The maximum atomic E-state index is 12.6. The van der Waals surface area contributed by atoms with Crippen molar-refractivity contribution < 1.29 is 9.59 Å². The lowest BCUT2D eigenvalue weighted by Gasteiger charge is -2.24. The quantitative estimate of drug-likeness (QED) is 0.920. The Morgan fingerprint density at radius 2 is 2.00 bits per heavy atom. The fourth-order valence-corrected chi connectivity index (χ4v) is 2.65. The van der Waals surface area contributed by atoms with Gasteiger partial charge >= 0.3 is 6.03 Å². The first-order chi connectivity index (χ1) is 11.0. The summed E-state index contributed by atoms with van der Waals surface area (Å²) in [5.41, 5.74) is 0.458. The predicted octanol–water partition coefficient (Wildman–Crippen LogP) is 2.39. The lowest BCUT2D eigenvalue weighted by atomic mass is 10.2. The van der Waals surface area contributed by atoms with E-state index in [1.807, 2.05) is 13.8 Å². The van der Waals surface area contributed by atoms with E-state index in [4.69, 9.17) is 11.6 Å². The van der Waals surface area contributed by atoms with Crippen LogP contribution in [0.1, 0.15) is 37.0 Å². The third-order valence-corrected chi connectivity index (χ3v) is 4.36. The molecule has 6 nitrogen and oxygen atoms in total. The second kappa shape index (κ2) is 8.15. The van der Waals surface area contributed by atoms with Gasteiger partial charge in [-0.15, -0.1) is 0 Å². The normalized spacial score (nSPS) is 16.7. The van der Waals surface area contributed by atoms with Gasteiger partial charge in [-0.2, -0.15) is 0 Å². The lowest BCUT2D eigenvalue weighted by Crippen LogP contribution is -2.45. The molecule has 1 atom stereocenters. The molecule has 1 aliphatic heterocycles. The van der Waals surface area contributed by atoms with E-state index < -0.39 is 0 Å². The van der Waals surface area contributed by atoms with E-state index in [-0.39, 0.29) is 18.0 Å². The third kappa shape index (κ3) is 4.58. The summed E-state index contributed by atoms with van der Waals surface area (Å²) in [5.74, 6) is -0.110. The maximum Gasteiger partial charge on any atom is 0.317 e. The second-order valence-corrected chi connectivity index (χ2v) is 6.15. The lowest BCUT2D eigenvalue weighted by molar-refractivity contribution is 0.0762. The molecule has 0 aromatic carbocycles. The molecule has 23 heavy (non-hydrogen) atoms. The highest BCUT2D eigenvalue weighted by atomic mass is 35.5. The van der Waals surface area contributed by atoms with E-state index >= 15 is 0 Å². The molecule has 1 N–H and O–H groups in total. The van der Waals surface area contributed by atoms with Crippen LogP contribution in [0.25, 0.3) is 0 Å². The van der Waals surface area contributed by atoms with Gasteiger partial charge in [0, 0.05) is 44.6 Å². The van der Waals surface area contributed by atoms with Gasteiger partial charge in [0.25, 0.3) is 5.91 Å². The first kappa shape index (κ1) is 17.5. The van der Waals surface area contributed by atoms with Crippen LogP contribution in [-0.4, -0.2) is 58.9 Å². The number of pyridine rings is 1. The van der Waals surface area contributed by atoms with Crippen molar-refractivity contribution in [1.82, 2.24) is 20.1 Å². The van der Waals surface area contributed by atoms with Crippen molar-refractivity contribution in [3.63, 3.8) is 0 Å². The molecule has 2 heterocycles. The molecule has 0 spiro atoms. The van der Waals surface area contributed by atoms with Crippen molar-refractivity contribution >= 4 is 23.5 Å². The minimum Gasteiger partial charge on any atom is -0.337 e. The number of hydrogen-bond donors (Lipinski definition) is 1. The van der Waals surface area contributed by atoms with Crippen molar-refractivity contribution in [3.8, 4) is 0 Å². The van der Waals surface area contributed by atoms with Gasteiger partial charge in [0.1, 0.15) is 0 Å². The van der Waals surface area contributed by atoms with Crippen LogP contribution in [0.4, 0.5) is 4.79 Å².